The van der Waals surface area contributed by atoms with E-state index in [2.05, 4.69) is 15.9 Å². The number of piperidine rings is 1. The summed E-state index contributed by atoms with van der Waals surface area (Å²) in [7, 11) is -3.36. The Kier molecular flexibility index (Phi) is 5.61. The molecule has 0 saturated carbocycles. The molecule has 1 aliphatic rings. The van der Waals surface area contributed by atoms with Gasteiger partial charge < -0.3 is 4.74 Å². The number of ether oxygens (including phenoxy) is 1. The zero-order chi connectivity index (χ0) is 13.9. The Bertz CT molecular complexity index is 398. The number of rotatable bonds is 4. The second-order valence-corrected chi connectivity index (χ2v) is 7.75. The third-order valence-electron chi connectivity index (χ3n) is 3.36. The van der Waals surface area contributed by atoms with E-state index in [1.54, 1.807) is 13.8 Å². The minimum absolute atomic E-state index is 0.0757. The molecule has 0 N–H and O–H groups in total. The fourth-order valence-corrected chi connectivity index (χ4v) is 4.65. The van der Waals surface area contributed by atoms with Crippen LogP contribution in [0.1, 0.15) is 33.6 Å². The van der Waals surface area contributed by atoms with Crippen molar-refractivity contribution in [3.05, 3.63) is 0 Å². The molecule has 1 aliphatic heterocycles. The molecule has 1 heterocycles. The maximum Gasteiger partial charge on any atom is 0.310 e. The lowest BCUT2D eigenvalue weighted by molar-refractivity contribution is -0.151. The Hall–Kier alpha value is -0.140. The number of esters is 1. The molecule has 106 valence electrons. The first-order chi connectivity index (χ1) is 8.35. The molecule has 0 radical (unpaired) electrons. The van der Waals surface area contributed by atoms with Crippen LogP contribution in [0.4, 0.5) is 0 Å². The monoisotopic (exact) mass is 341 g/mol. The van der Waals surface area contributed by atoms with Gasteiger partial charge in [-0.2, -0.15) is 4.31 Å². The SMILES string of the molecule is CCOC(=O)[C@@H]1CC[C@H](C)N(S(=O)(=O)CBr)[C@@H]1C. The molecule has 0 aliphatic carbocycles. The largest absolute Gasteiger partial charge is 0.466 e. The van der Waals surface area contributed by atoms with Gasteiger partial charge in [0.25, 0.3) is 0 Å². The normalized spacial score (nSPS) is 30.1. The van der Waals surface area contributed by atoms with E-state index in [1.807, 2.05) is 6.92 Å². The molecule has 0 unspecified atom stereocenters. The quantitative estimate of drug-likeness (QED) is 0.576. The minimum atomic E-state index is -3.36. The van der Waals surface area contributed by atoms with Crippen molar-refractivity contribution in [2.24, 2.45) is 5.92 Å². The summed E-state index contributed by atoms with van der Waals surface area (Å²) in [6, 6.07) is -0.427. The standard InChI is InChI=1S/C11H20BrNO4S/c1-4-17-11(14)10-6-5-8(2)13(9(10)3)18(15,16)7-12/h8-10H,4-7H2,1-3H3/t8-,9+,10+/m0/s1. The van der Waals surface area contributed by atoms with E-state index < -0.39 is 10.0 Å². The van der Waals surface area contributed by atoms with Crippen molar-refractivity contribution >= 4 is 31.9 Å². The van der Waals surface area contributed by atoms with E-state index in [0.717, 1.165) is 0 Å². The summed E-state index contributed by atoms with van der Waals surface area (Å²) in [5.74, 6) is -0.665. The number of nitrogens with zero attached hydrogens (tertiary/aromatic N) is 1. The van der Waals surface area contributed by atoms with Crippen LogP contribution >= 0.6 is 15.9 Å². The Morgan fingerprint density at radius 1 is 1.39 bits per heavy atom. The van der Waals surface area contributed by atoms with Gasteiger partial charge in [-0.3, -0.25) is 4.79 Å². The van der Waals surface area contributed by atoms with Gasteiger partial charge in [-0.1, -0.05) is 15.9 Å². The summed E-state index contributed by atoms with van der Waals surface area (Å²) < 4.78 is 30.4. The van der Waals surface area contributed by atoms with E-state index in [0.29, 0.717) is 19.4 Å². The summed E-state index contributed by atoms with van der Waals surface area (Å²) >= 11 is 3.00. The van der Waals surface area contributed by atoms with Crippen molar-refractivity contribution in [2.75, 3.05) is 11.3 Å². The number of hydrogen-bond acceptors (Lipinski definition) is 4. The molecule has 7 heteroatoms. The molecule has 0 amide bonds. The molecule has 0 aromatic rings. The Morgan fingerprint density at radius 3 is 2.50 bits per heavy atom. The highest BCUT2D eigenvalue weighted by Crippen LogP contribution is 2.31. The molecule has 0 spiro atoms. The molecule has 1 rings (SSSR count). The molecule has 1 fully saturated rings. The fraction of sp³-hybridized carbons (Fsp3) is 0.909. The summed E-state index contributed by atoms with van der Waals surface area (Å²) in [5.41, 5.74) is 0. The summed E-state index contributed by atoms with van der Waals surface area (Å²) in [4.78, 5) is 11.8. The molecule has 0 aromatic carbocycles. The summed E-state index contributed by atoms with van der Waals surface area (Å²) in [6.07, 6.45) is 1.36. The van der Waals surface area contributed by atoms with Crippen LogP contribution in [0.15, 0.2) is 0 Å². The summed E-state index contributed by atoms with van der Waals surface area (Å²) in [5, 5.41) is 0. The van der Waals surface area contributed by atoms with Crippen LogP contribution in [0, 0.1) is 5.92 Å². The highest BCUT2D eigenvalue weighted by molar-refractivity contribution is 9.10. The van der Waals surface area contributed by atoms with Crippen LogP contribution in [-0.4, -0.2) is 42.0 Å². The number of alkyl halides is 1. The second kappa shape index (κ2) is 6.34. The van der Waals surface area contributed by atoms with Gasteiger partial charge in [-0.15, -0.1) is 0 Å². The molecule has 3 atom stereocenters. The number of hydrogen-bond donors (Lipinski definition) is 0. The molecular weight excluding hydrogens is 322 g/mol. The Labute approximate surface area is 117 Å². The van der Waals surface area contributed by atoms with Crippen molar-refractivity contribution in [2.45, 2.75) is 45.7 Å². The van der Waals surface area contributed by atoms with Crippen LogP contribution in [0.3, 0.4) is 0 Å². The van der Waals surface area contributed by atoms with Gasteiger partial charge in [0.1, 0.15) is 4.66 Å². The van der Waals surface area contributed by atoms with Gasteiger partial charge in [0.05, 0.1) is 12.5 Å². The van der Waals surface area contributed by atoms with Crippen molar-refractivity contribution < 1.29 is 17.9 Å². The Balaban J connectivity index is 2.94. The van der Waals surface area contributed by atoms with Crippen molar-refractivity contribution in [1.29, 1.82) is 0 Å². The first-order valence-corrected chi connectivity index (χ1v) is 8.82. The van der Waals surface area contributed by atoms with Crippen LogP contribution < -0.4 is 0 Å². The van der Waals surface area contributed by atoms with Crippen molar-refractivity contribution in [3.8, 4) is 0 Å². The van der Waals surface area contributed by atoms with Gasteiger partial charge >= 0.3 is 5.97 Å². The van der Waals surface area contributed by atoms with E-state index >= 15 is 0 Å². The van der Waals surface area contributed by atoms with E-state index in [4.69, 9.17) is 4.74 Å². The highest BCUT2D eigenvalue weighted by atomic mass is 79.9. The average molecular weight is 342 g/mol. The zero-order valence-electron chi connectivity index (χ0n) is 10.9. The number of halogens is 1. The Morgan fingerprint density at radius 2 is 2.00 bits per heavy atom. The third-order valence-corrected chi connectivity index (χ3v) is 6.71. The lowest BCUT2D eigenvalue weighted by atomic mass is 9.89. The third kappa shape index (κ3) is 3.24. The summed E-state index contributed by atoms with van der Waals surface area (Å²) in [6.45, 7) is 5.72. The van der Waals surface area contributed by atoms with Gasteiger partial charge in [-0.05, 0) is 33.6 Å². The number of sulfonamides is 1. The lowest BCUT2D eigenvalue weighted by Crippen LogP contribution is -2.53. The average Bonchev–Trinajstić information content (AvgIpc) is 2.29. The van der Waals surface area contributed by atoms with E-state index in [-0.39, 0.29) is 28.6 Å². The highest BCUT2D eigenvalue weighted by Gasteiger charge is 2.42. The smallest absolute Gasteiger partial charge is 0.310 e. The molecule has 0 bridgehead atoms. The predicted octanol–water partition coefficient (Wildman–Crippen LogP) is 1.72. The minimum Gasteiger partial charge on any atom is -0.466 e. The van der Waals surface area contributed by atoms with Crippen molar-refractivity contribution in [1.82, 2.24) is 4.31 Å². The van der Waals surface area contributed by atoms with Crippen LogP contribution in [-0.2, 0) is 19.6 Å². The zero-order valence-corrected chi connectivity index (χ0v) is 13.3. The number of carbonyl (C=O) groups excluding carboxylic acids is 1. The molecular formula is C11H20BrNO4S. The van der Waals surface area contributed by atoms with Crippen molar-refractivity contribution in [3.63, 3.8) is 0 Å². The molecule has 18 heavy (non-hydrogen) atoms. The van der Waals surface area contributed by atoms with E-state index in [1.165, 1.54) is 4.31 Å². The second-order valence-electron chi connectivity index (χ2n) is 4.58. The van der Waals surface area contributed by atoms with Gasteiger partial charge in [0.2, 0.25) is 10.0 Å². The topological polar surface area (TPSA) is 63.7 Å². The van der Waals surface area contributed by atoms with Gasteiger partial charge in [-0.25, -0.2) is 8.42 Å². The first kappa shape index (κ1) is 15.9. The van der Waals surface area contributed by atoms with Crippen LogP contribution in [0.5, 0.6) is 0 Å². The molecule has 1 saturated heterocycles. The first-order valence-electron chi connectivity index (χ1n) is 6.09. The maximum atomic E-state index is 12.0. The van der Waals surface area contributed by atoms with Gasteiger partial charge in [0, 0.05) is 12.1 Å². The van der Waals surface area contributed by atoms with Crippen LogP contribution in [0.25, 0.3) is 0 Å². The van der Waals surface area contributed by atoms with E-state index in [9.17, 15) is 13.2 Å². The maximum absolute atomic E-state index is 12.0. The number of carbonyl (C=O) groups is 1. The van der Waals surface area contributed by atoms with Gasteiger partial charge in [0.15, 0.2) is 0 Å². The van der Waals surface area contributed by atoms with Crippen LogP contribution in [0.2, 0.25) is 0 Å². The molecule has 0 aromatic heterocycles. The molecule has 5 nitrogen and oxygen atoms in total. The fourth-order valence-electron chi connectivity index (χ4n) is 2.52. The lowest BCUT2D eigenvalue weighted by Gasteiger charge is -2.41. The predicted molar refractivity (Wildman–Crippen MR) is 72.8 cm³/mol.